The molecule has 0 N–H and O–H groups in total. The summed E-state index contributed by atoms with van der Waals surface area (Å²) in [6.45, 7) is 7.03. The fraction of sp³-hybridized carbons (Fsp3) is 0.316. The lowest BCUT2D eigenvalue weighted by molar-refractivity contribution is -0.141. The molecule has 1 aliphatic rings. The van der Waals surface area contributed by atoms with Crippen LogP contribution in [0.4, 0.5) is 5.69 Å². The van der Waals surface area contributed by atoms with E-state index in [0.29, 0.717) is 13.2 Å². The van der Waals surface area contributed by atoms with Gasteiger partial charge in [-0.25, -0.2) is 0 Å². The van der Waals surface area contributed by atoms with Crippen molar-refractivity contribution < 1.29 is 14.3 Å². The van der Waals surface area contributed by atoms with E-state index in [0.717, 1.165) is 22.7 Å². The van der Waals surface area contributed by atoms with Crippen LogP contribution in [0.2, 0.25) is 0 Å². The van der Waals surface area contributed by atoms with Gasteiger partial charge in [0.25, 0.3) is 0 Å². The topological polar surface area (TPSA) is 38.8 Å². The van der Waals surface area contributed by atoms with Crippen molar-refractivity contribution in [1.82, 2.24) is 0 Å². The van der Waals surface area contributed by atoms with Gasteiger partial charge in [-0.2, -0.15) is 0 Å². The zero-order chi connectivity index (χ0) is 16.7. The second kappa shape index (κ2) is 8.22. The van der Waals surface area contributed by atoms with Crippen LogP contribution in [0.5, 0.6) is 11.5 Å². The van der Waals surface area contributed by atoms with Crippen LogP contribution in [0, 0.1) is 0 Å². The summed E-state index contributed by atoms with van der Waals surface area (Å²) in [5, 5.41) is 0. The number of hydrogen-bond donors (Lipinski definition) is 0. The highest BCUT2D eigenvalue weighted by Crippen LogP contribution is 2.38. The first-order valence-corrected chi connectivity index (χ1v) is 8.03. The molecule has 0 atom stereocenters. The summed E-state index contributed by atoms with van der Waals surface area (Å²) in [4.78, 5) is 13.8. The van der Waals surface area contributed by atoms with Crippen LogP contribution in [0.3, 0.4) is 0 Å². The van der Waals surface area contributed by atoms with Gasteiger partial charge in [0.2, 0.25) is 0 Å². The molecule has 3 rings (SSSR count). The number of benzene rings is 2. The van der Waals surface area contributed by atoms with Crippen LogP contribution < -0.4 is 9.64 Å². The van der Waals surface area contributed by atoms with E-state index in [4.69, 9.17) is 9.47 Å². The van der Waals surface area contributed by atoms with Gasteiger partial charge in [-0.3, -0.25) is 4.79 Å². The molecular weight excluding hydrogens is 290 g/mol. The van der Waals surface area contributed by atoms with E-state index < -0.39 is 0 Å². The maximum Gasteiger partial charge on any atom is 0.325 e. The van der Waals surface area contributed by atoms with Crippen LogP contribution in [0.25, 0.3) is 0 Å². The Balaban J connectivity index is 0.000000924. The molecule has 0 aliphatic carbocycles. The molecule has 0 fully saturated rings. The summed E-state index contributed by atoms with van der Waals surface area (Å²) in [6.07, 6.45) is 0. The van der Waals surface area contributed by atoms with Crippen molar-refractivity contribution in [3.8, 4) is 11.5 Å². The van der Waals surface area contributed by atoms with Crippen molar-refractivity contribution in [3.63, 3.8) is 0 Å². The number of rotatable bonds is 3. The van der Waals surface area contributed by atoms with E-state index in [1.54, 1.807) is 0 Å². The molecule has 0 spiro atoms. The molecule has 122 valence electrons. The molecule has 0 saturated heterocycles. The van der Waals surface area contributed by atoms with E-state index in [-0.39, 0.29) is 12.5 Å². The maximum atomic E-state index is 11.8. The van der Waals surface area contributed by atoms with Gasteiger partial charge in [-0.05, 0) is 25.1 Å². The van der Waals surface area contributed by atoms with E-state index in [1.165, 1.54) is 0 Å². The predicted molar refractivity (Wildman–Crippen MR) is 92.0 cm³/mol. The first kappa shape index (κ1) is 16.9. The normalized spacial score (nSPS) is 11.9. The average Bonchev–Trinajstić information content (AvgIpc) is 2.73. The van der Waals surface area contributed by atoms with E-state index in [2.05, 4.69) is 0 Å². The smallest absolute Gasteiger partial charge is 0.325 e. The minimum Gasteiger partial charge on any atom is -0.465 e. The van der Waals surface area contributed by atoms with Gasteiger partial charge in [0.1, 0.15) is 12.3 Å². The second-order valence-electron chi connectivity index (χ2n) is 4.84. The Morgan fingerprint density at radius 1 is 1.09 bits per heavy atom. The third-order valence-electron chi connectivity index (χ3n) is 3.38. The largest absolute Gasteiger partial charge is 0.465 e. The number of para-hydroxylation sites is 3. The van der Waals surface area contributed by atoms with E-state index in [1.807, 2.05) is 74.2 Å². The highest BCUT2D eigenvalue weighted by Gasteiger charge is 2.22. The van der Waals surface area contributed by atoms with Gasteiger partial charge < -0.3 is 14.4 Å². The Morgan fingerprint density at radius 2 is 1.74 bits per heavy atom. The van der Waals surface area contributed by atoms with Gasteiger partial charge in [-0.15, -0.1) is 0 Å². The van der Waals surface area contributed by atoms with Crippen molar-refractivity contribution >= 4 is 11.7 Å². The van der Waals surface area contributed by atoms with Gasteiger partial charge in [0.15, 0.2) is 5.75 Å². The molecule has 2 aromatic carbocycles. The molecule has 23 heavy (non-hydrogen) atoms. The summed E-state index contributed by atoms with van der Waals surface area (Å²) in [6, 6.07) is 15.6. The third-order valence-corrected chi connectivity index (χ3v) is 3.38. The van der Waals surface area contributed by atoms with Crippen molar-refractivity contribution in [2.75, 3.05) is 18.1 Å². The van der Waals surface area contributed by atoms with Crippen molar-refractivity contribution in [3.05, 3.63) is 54.1 Å². The minimum absolute atomic E-state index is 0.211. The monoisotopic (exact) mass is 313 g/mol. The molecular formula is C19H23NO3. The Bertz CT molecular complexity index is 655. The first-order valence-electron chi connectivity index (χ1n) is 8.03. The number of hydrogen-bond acceptors (Lipinski definition) is 4. The fourth-order valence-corrected chi connectivity index (χ4v) is 2.45. The maximum absolute atomic E-state index is 11.8. The molecule has 0 radical (unpaired) electrons. The molecule has 1 heterocycles. The van der Waals surface area contributed by atoms with Crippen LogP contribution >= 0.6 is 0 Å². The lowest BCUT2D eigenvalue weighted by Crippen LogP contribution is -2.30. The molecule has 0 unspecified atom stereocenters. The SMILES string of the molecule is CC.CCOC(=O)CN1Cc2ccccc2Oc2ccccc21. The number of carbonyl (C=O) groups excluding carboxylic acids is 1. The zero-order valence-corrected chi connectivity index (χ0v) is 13.9. The quantitative estimate of drug-likeness (QED) is 0.788. The summed E-state index contributed by atoms with van der Waals surface area (Å²) in [5.41, 5.74) is 1.96. The zero-order valence-electron chi connectivity index (χ0n) is 13.9. The lowest BCUT2D eigenvalue weighted by Gasteiger charge is -2.22. The molecule has 4 nitrogen and oxygen atoms in total. The molecule has 0 saturated carbocycles. The third kappa shape index (κ3) is 4.03. The highest BCUT2D eigenvalue weighted by molar-refractivity contribution is 5.77. The predicted octanol–water partition coefficient (Wildman–Crippen LogP) is 4.39. The van der Waals surface area contributed by atoms with Gasteiger partial charge in [0.05, 0.1) is 12.3 Å². The standard InChI is InChI=1S/C17H17NO3.C2H6/c1-2-20-17(19)12-18-11-13-7-3-5-9-15(13)21-16-10-6-4-8-14(16)18;1-2/h3-10H,2,11-12H2,1H3;1-2H3. The van der Waals surface area contributed by atoms with Gasteiger partial charge >= 0.3 is 5.97 Å². The van der Waals surface area contributed by atoms with E-state index in [9.17, 15) is 4.79 Å². The highest BCUT2D eigenvalue weighted by atomic mass is 16.5. The molecule has 0 bridgehead atoms. The Morgan fingerprint density at radius 3 is 2.48 bits per heavy atom. The molecule has 0 aromatic heterocycles. The number of anilines is 1. The summed E-state index contributed by atoms with van der Waals surface area (Å²) >= 11 is 0. The average molecular weight is 313 g/mol. The van der Waals surface area contributed by atoms with Crippen molar-refractivity contribution in [2.45, 2.75) is 27.3 Å². The summed E-state index contributed by atoms with van der Waals surface area (Å²) in [5.74, 6) is 1.36. The summed E-state index contributed by atoms with van der Waals surface area (Å²) < 4.78 is 11.0. The van der Waals surface area contributed by atoms with Gasteiger partial charge in [-0.1, -0.05) is 44.2 Å². The Hall–Kier alpha value is -2.49. The number of ether oxygens (including phenoxy) is 2. The number of esters is 1. The van der Waals surface area contributed by atoms with Gasteiger partial charge in [0, 0.05) is 12.1 Å². The Kier molecular flexibility index (Phi) is 6.03. The second-order valence-corrected chi connectivity index (χ2v) is 4.84. The minimum atomic E-state index is -0.230. The number of carbonyl (C=O) groups is 1. The molecule has 2 aromatic rings. The number of nitrogens with zero attached hydrogens (tertiary/aromatic N) is 1. The van der Waals surface area contributed by atoms with Crippen LogP contribution in [-0.4, -0.2) is 19.1 Å². The molecule has 1 aliphatic heterocycles. The van der Waals surface area contributed by atoms with E-state index >= 15 is 0 Å². The molecule has 0 amide bonds. The van der Waals surface area contributed by atoms with Crippen LogP contribution in [-0.2, 0) is 16.1 Å². The lowest BCUT2D eigenvalue weighted by atomic mass is 10.2. The van der Waals surface area contributed by atoms with Crippen molar-refractivity contribution in [2.24, 2.45) is 0 Å². The molecule has 4 heteroatoms. The Labute approximate surface area is 137 Å². The number of fused-ring (bicyclic) bond motifs is 2. The first-order chi connectivity index (χ1) is 11.3. The fourth-order valence-electron chi connectivity index (χ4n) is 2.45. The van der Waals surface area contributed by atoms with Crippen LogP contribution in [0.1, 0.15) is 26.3 Å². The van der Waals surface area contributed by atoms with Crippen LogP contribution in [0.15, 0.2) is 48.5 Å². The summed E-state index contributed by atoms with van der Waals surface area (Å²) in [7, 11) is 0. The van der Waals surface area contributed by atoms with Crippen molar-refractivity contribution in [1.29, 1.82) is 0 Å².